The zero-order valence-electron chi connectivity index (χ0n) is 11.6. The fourth-order valence-electron chi connectivity index (χ4n) is 1.63. The Labute approximate surface area is 128 Å². The highest BCUT2D eigenvalue weighted by Crippen LogP contribution is 2.29. The summed E-state index contributed by atoms with van der Waals surface area (Å²) in [4.78, 5) is 22.4. The van der Waals surface area contributed by atoms with Crippen LogP contribution in [0.3, 0.4) is 0 Å². The van der Waals surface area contributed by atoms with E-state index in [9.17, 15) is 22.8 Å². The first-order valence-corrected chi connectivity index (χ1v) is 6.39. The van der Waals surface area contributed by atoms with Crippen molar-refractivity contribution in [3.8, 4) is 11.8 Å². The van der Waals surface area contributed by atoms with E-state index in [1.807, 2.05) is 0 Å². The van der Waals surface area contributed by atoms with E-state index in [1.165, 1.54) is 18.2 Å². The van der Waals surface area contributed by atoms with Gasteiger partial charge in [-0.25, -0.2) is 4.79 Å². The smallest absolute Gasteiger partial charge is 0.416 e. The van der Waals surface area contributed by atoms with Crippen LogP contribution in [0.25, 0.3) is 0 Å². The van der Waals surface area contributed by atoms with Gasteiger partial charge in [-0.3, -0.25) is 4.79 Å². The molecule has 0 atom stereocenters. The molecule has 0 unspecified atom stereocenters. The number of amides is 1. The largest absolute Gasteiger partial charge is 0.430 e. The van der Waals surface area contributed by atoms with E-state index in [0.29, 0.717) is 0 Å². The van der Waals surface area contributed by atoms with Crippen LogP contribution in [0.1, 0.15) is 21.5 Å². The zero-order chi connectivity index (χ0) is 16.9. The normalized spacial score (nSPS) is 10.6. The lowest BCUT2D eigenvalue weighted by atomic mass is 10.1. The lowest BCUT2D eigenvalue weighted by molar-refractivity contribution is -0.137. The van der Waals surface area contributed by atoms with Crippen LogP contribution in [0, 0.1) is 11.8 Å². The van der Waals surface area contributed by atoms with Crippen LogP contribution in [0.4, 0.5) is 13.2 Å². The fraction of sp³-hybridized carbons (Fsp3) is 0.125. The number of alkyl halides is 3. The summed E-state index contributed by atoms with van der Waals surface area (Å²) in [6.45, 7) is -0.0613. The molecular weight excluding hydrogens is 311 g/mol. The molecule has 1 heterocycles. The Hall–Kier alpha value is -3.01. The van der Waals surface area contributed by atoms with Crippen molar-refractivity contribution in [3.63, 3.8) is 0 Å². The summed E-state index contributed by atoms with van der Waals surface area (Å²) in [5.41, 5.74) is -1.02. The zero-order valence-corrected chi connectivity index (χ0v) is 11.6. The van der Waals surface area contributed by atoms with Crippen molar-refractivity contribution in [1.82, 2.24) is 5.32 Å². The molecule has 0 bridgehead atoms. The number of hydrogen-bond donors (Lipinski definition) is 1. The quantitative estimate of drug-likeness (QED) is 0.864. The van der Waals surface area contributed by atoms with Gasteiger partial charge in [-0.05, 0) is 24.3 Å². The summed E-state index contributed by atoms with van der Waals surface area (Å²) in [5, 5.41) is 2.44. The Bertz CT molecular complexity index is 808. The van der Waals surface area contributed by atoms with Crippen LogP contribution in [-0.2, 0) is 6.18 Å². The lowest BCUT2D eigenvalue weighted by Gasteiger charge is -2.05. The molecule has 4 nitrogen and oxygen atoms in total. The second-order valence-electron chi connectivity index (χ2n) is 4.41. The highest BCUT2D eigenvalue weighted by Gasteiger charge is 2.30. The van der Waals surface area contributed by atoms with Crippen molar-refractivity contribution in [2.45, 2.75) is 6.18 Å². The third kappa shape index (κ3) is 4.74. The molecule has 118 valence electrons. The summed E-state index contributed by atoms with van der Waals surface area (Å²) < 4.78 is 42.2. The van der Waals surface area contributed by atoms with E-state index in [0.717, 1.165) is 24.5 Å². The molecule has 0 saturated heterocycles. The summed E-state index contributed by atoms with van der Waals surface area (Å²) >= 11 is 0. The predicted molar refractivity (Wildman–Crippen MR) is 75.6 cm³/mol. The van der Waals surface area contributed by atoms with Crippen LogP contribution >= 0.6 is 0 Å². The molecule has 0 aliphatic carbocycles. The summed E-state index contributed by atoms with van der Waals surface area (Å²) in [7, 11) is 0. The van der Waals surface area contributed by atoms with Crippen molar-refractivity contribution in [2.75, 3.05) is 6.54 Å². The lowest BCUT2D eigenvalue weighted by Crippen LogP contribution is -2.23. The summed E-state index contributed by atoms with van der Waals surface area (Å²) in [5.74, 6) is 4.58. The van der Waals surface area contributed by atoms with Gasteiger partial charge in [0.05, 0.1) is 17.7 Å². The third-order valence-corrected chi connectivity index (χ3v) is 2.72. The number of carbonyl (C=O) groups is 1. The average Bonchev–Trinajstić information content (AvgIpc) is 2.51. The number of nitrogens with one attached hydrogen (secondary N) is 1. The van der Waals surface area contributed by atoms with E-state index in [-0.39, 0.29) is 17.7 Å². The van der Waals surface area contributed by atoms with Gasteiger partial charge in [-0.1, -0.05) is 17.9 Å². The third-order valence-electron chi connectivity index (χ3n) is 2.72. The molecule has 7 heteroatoms. The van der Waals surface area contributed by atoms with E-state index < -0.39 is 23.3 Å². The van der Waals surface area contributed by atoms with Gasteiger partial charge in [-0.15, -0.1) is 0 Å². The molecule has 23 heavy (non-hydrogen) atoms. The number of carbonyl (C=O) groups excluding carboxylic acids is 1. The topological polar surface area (TPSA) is 59.3 Å². The average molecular weight is 321 g/mol. The Balaban J connectivity index is 1.97. The van der Waals surface area contributed by atoms with Crippen molar-refractivity contribution in [3.05, 3.63) is 69.8 Å². The van der Waals surface area contributed by atoms with Crippen LogP contribution in [-0.4, -0.2) is 12.5 Å². The first kappa shape index (κ1) is 16.4. The molecule has 1 aromatic heterocycles. The van der Waals surface area contributed by atoms with Crippen molar-refractivity contribution in [1.29, 1.82) is 0 Å². The Kier molecular flexibility index (Phi) is 4.86. The highest BCUT2D eigenvalue weighted by atomic mass is 19.4. The molecular formula is C16H10F3NO3. The maximum atomic E-state index is 12.5. The molecule has 0 aliphatic heterocycles. The number of halogens is 3. The first-order valence-electron chi connectivity index (χ1n) is 6.39. The minimum Gasteiger partial charge on any atom is -0.430 e. The van der Waals surface area contributed by atoms with Crippen LogP contribution in [0.5, 0.6) is 0 Å². The van der Waals surface area contributed by atoms with Gasteiger partial charge in [0.1, 0.15) is 6.26 Å². The first-order chi connectivity index (χ1) is 10.9. The van der Waals surface area contributed by atoms with Gasteiger partial charge in [0.25, 0.3) is 5.91 Å². The SMILES string of the molecule is O=C(NCC#Cc1cccc(C(F)(F)F)c1)c1ccc(=O)oc1. The van der Waals surface area contributed by atoms with Crippen LogP contribution < -0.4 is 10.9 Å². The number of hydrogen-bond acceptors (Lipinski definition) is 3. The fourth-order valence-corrected chi connectivity index (χ4v) is 1.63. The van der Waals surface area contributed by atoms with E-state index in [2.05, 4.69) is 21.6 Å². The monoisotopic (exact) mass is 321 g/mol. The minimum absolute atomic E-state index is 0.0613. The van der Waals surface area contributed by atoms with E-state index >= 15 is 0 Å². The summed E-state index contributed by atoms with van der Waals surface area (Å²) in [6, 6.07) is 6.98. The minimum atomic E-state index is -4.43. The molecule has 0 spiro atoms. The van der Waals surface area contributed by atoms with Crippen molar-refractivity contribution < 1.29 is 22.4 Å². The van der Waals surface area contributed by atoms with Gasteiger partial charge >= 0.3 is 11.8 Å². The van der Waals surface area contributed by atoms with Gasteiger partial charge in [-0.2, -0.15) is 13.2 Å². The maximum absolute atomic E-state index is 12.5. The number of benzene rings is 1. The Morgan fingerprint density at radius 1 is 1.22 bits per heavy atom. The highest BCUT2D eigenvalue weighted by molar-refractivity contribution is 5.93. The molecule has 0 fully saturated rings. The van der Waals surface area contributed by atoms with Crippen LogP contribution in [0.2, 0.25) is 0 Å². The van der Waals surface area contributed by atoms with Gasteiger partial charge in [0.15, 0.2) is 0 Å². The molecule has 2 rings (SSSR count). The predicted octanol–water partition coefficient (Wildman–Crippen LogP) is 2.44. The molecule has 1 amide bonds. The van der Waals surface area contributed by atoms with E-state index in [4.69, 9.17) is 0 Å². The second-order valence-corrected chi connectivity index (χ2v) is 4.41. The molecule has 2 aromatic rings. The second kappa shape index (κ2) is 6.83. The van der Waals surface area contributed by atoms with Crippen molar-refractivity contribution >= 4 is 5.91 Å². The van der Waals surface area contributed by atoms with Gasteiger partial charge in [0, 0.05) is 11.6 Å². The van der Waals surface area contributed by atoms with Gasteiger partial charge in [0.2, 0.25) is 0 Å². The number of rotatable bonds is 2. The summed E-state index contributed by atoms with van der Waals surface area (Å²) in [6.07, 6.45) is -3.42. The molecule has 0 radical (unpaired) electrons. The molecule has 0 saturated carbocycles. The van der Waals surface area contributed by atoms with Gasteiger partial charge < -0.3 is 9.73 Å². The molecule has 1 N–H and O–H groups in total. The molecule has 0 aliphatic rings. The van der Waals surface area contributed by atoms with E-state index in [1.54, 1.807) is 0 Å². The van der Waals surface area contributed by atoms with Crippen LogP contribution in [0.15, 0.2) is 51.9 Å². The standard InChI is InChI=1S/C16H10F3NO3/c17-16(18,19)13-5-1-3-11(9-13)4-2-8-20-15(22)12-6-7-14(21)23-10-12/h1,3,5-7,9-10H,8H2,(H,20,22). The Morgan fingerprint density at radius 2 is 2.00 bits per heavy atom. The van der Waals surface area contributed by atoms with Crippen molar-refractivity contribution in [2.24, 2.45) is 0 Å². The Morgan fingerprint density at radius 3 is 2.65 bits per heavy atom. The molecule has 1 aromatic carbocycles. The maximum Gasteiger partial charge on any atom is 0.416 e.